The van der Waals surface area contributed by atoms with Gasteiger partial charge in [-0.1, -0.05) is 17.7 Å². The molecule has 2 N–H and O–H groups in total. The minimum absolute atomic E-state index is 0.134. The zero-order valence-corrected chi connectivity index (χ0v) is 12.4. The molecule has 2 rings (SSSR count). The van der Waals surface area contributed by atoms with Crippen LogP contribution < -0.4 is 5.32 Å². The number of anilines is 1. The molecule has 0 aliphatic heterocycles. The lowest BCUT2D eigenvalue weighted by Gasteiger charge is -2.13. The Balaban J connectivity index is 2.26. The molecule has 0 aliphatic carbocycles. The molecular formula is C15H17ClN2O2. The Hall–Kier alpha value is -1.94. The second kappa shape index (κ2) is 5.59. The summed E-state index contributed by atoms with van der Waals surface area (Å²) in [7, 11) is 0. The molecule has 0 saturated carbocycles. The summed E-state index contributed by atoms with van der Waals surface area (Å²) in [5, 5.41) is 12.9. The van der Waals surface area contributed by atoms with Crippen molar-refractivity contribution in [3.63, 3.8) is 0 Å². The first-order valence-corrected chi connectivity index (χ1v) is 6.74. The number of phenolic OH excluding ortho intramolecular Hbond substituents is 1. The normalized spacial score (nSPS) is 10.8. The molecule has 20 heavy (non-hydrogen) atoms. The van der Waals surface area contributed by atoms with E-state index in [1.807, 2.05) is 18.4 Å². The first-order valence-electron chi connectivity index (χ1n) is 6.37. The van der Waals surface area contributed by atoms with Crippen LogP contribution in [0.4, 0.5) is 5.69 Å². The first kappa shape index (κ1) is 14.5. The number of aromatic nitrogens is 1. The molecule has 1 amide bonds. The van der Waals surface area contributed by atoms with Crippen molar-refractivity contribution in [2.45, 2.75) is 26.8 Å². The number of nitrogens with zero attached hydrogens (tertiary/aromatic N) is 1. The highest BCUT2D eigenvalue weighted by Gasteiger charge is 2.15. The maximum atomic E-state index is 12.3. The predicted molar refractivity (Wildman–Crippen MR) is 80.6 cm³/mol. The second-order valence-electron chi connectivity index (χ2n) is 5.00. The third-order valence-corrected chi connectivity index (χ3v) is 3.28. The molecule has 1 heterocycles. The van der Waals surface area contributed by atoms with Gasteiger partial charge in [0.25, 0.3) is 5.91 Å². The minimum atomic E-state index is -0.256. The highest BCUT2D eigenvalue weighted by Crippen LogP contribution is 2.23. The van der Waals surface area contributed by atoms with Gasteiger partial charge in [-0.2, -0.15) is 0 Å². The zero-order valence-electron chi connectivity index (χ0n) is 11.6. The van der Waals surface area contributed by atoms with Crippen molar-refractivity contribution in [1.29, 1.82) is 0 Å². The van der Waals surface area contributed by atoms with Gasteiger partial charge < -0.3 is 15.0 Å². The number of nitrogens with one attached hydrogen (secondary N) is 1. The van der Waals surface area contributed by atoms with Gasteiger partial charge in [0.2, 0.25) is 0 Å². The van der Waals surface area contributed by atoms with Gasteiger partial charge in [-0.05, 0) is 38.5 Å². The third-order valence-electron chi connectivity index (χ3n) is 3.07. The molecule has 1 aromatic heterocycles. The Kier molecular flexibility index (Phi) is 4.04. The minimum Gasteiger partial charge on any atom is -0.508 e. The number of aryl methyl sites for hydroxylation is 1. The average Bonchev–Trinajstić information content (AvgIpc) is 2.76. The quantitative estimate of drug-likeness (QED) is 0.899. The molecule has 106 valence electrons. The van der Waals surface area contributed by atoms with Crippen LogP contribution in [0.25, 0.3) is 0 Å². The van der Waals surface area contributed by atoms with E-state index in [1.165, 1.54) is 6.07 Å². The highest BCUT2D eigenvalue weighted by molar-refractivity contribution is 6.31. The fourth-order valence-corrected chi connectivity index (χ4v) is 2.15. The van der Waals surface area contributed by atoms with Crippen molar-refractivity contribution in [2.24, 2.45) is 0 Å². The number of aromatic hydroxyl groups is 1. The fraction of sp³-hybridized carbons (Fsp3) is 0.267. The monoisotopic (exact) mass is 292 g/mol. The van der Waals surface area contributed by atoms with E-state index >= 15 is 0 Å². The molecule has 0 bridgehead atoms. The van der Waals surface area contributed by atoms with Crippen LogP contribution in [-0.4, -0.2) is 15.6 Å². The number of hydrogen-bond donors (Lipinski definition) is 2. The molecule has 0 saturated heterocycles. The standard InChI is InChI=1S/C15H17ClN2O2/c1-9(2)18-8-11(16)6-13(18)15(20)17-12-5-4-10(3)14(19)7-12/h4-9,19H,1-3H3,(H,17,20). The molecule has 0 radical (unpaired) electrons. The van der Waals surface area contributed by atoms with Gasteiger partial charge in [-0.25, -0.2) is 0 Å². The number of benzene rings is 1. The summed E-state index contributed by atoms with van der Waals surface area (Å²) in [4.78, 5) is 12.3. The molecule has 5 heteroatoms. The van der Waals surface area contributed by atoms with Gasteiger partial charge in [-0.3, -0.25) is 4.79 Å². The molecule has 0 spiro atoms. The summed E-state index contributed by atoms with van der Waals surface area (Å²) in [6.07, 6.45) is 1.73. The molecule has 0 atom stereocenters. The van der Waals surface area contributed by atoms with Crippen LogP contribution >= 0.6 is 11.6 Å². The fourth-order valence-electron chi connectivity index (χ4n) is 1.94. The van der Waals surface area contributed by atoms with Gasteiger partial charge in [0.1, 0.15) is 11.4 Å². The Labute approximate surface area is 123 Å². The first-order chi connectivity index (χ1) is 9.38. The van der Waals surface area contributed by atoms with E-state index in [0.29, 0.717) is 16.4 Å². The van der Waals surface area contributed by atoms with Crippen molar-refractivity contribution in [1.82, 2.24) is 4.57 Å². The lowest BCUT2D eigenvalue weighted by molar-refractivity contribution is 0.101. The SMILES string of the molecule is Cc1ccc(NC(=O)c2cc(Cl)cn2C(C)C)cc1O. The van der Waals surface area contributed by atoms with Crippen LogP contribution in [0, 0.1) is 6.92 Å². The second-order valence-corrected chi connectivity index (χ2v) is 5.44. The predicted octanol–water partition coefficient (Wildman–Crippen LogP) is 3.99. The van der Waals surface area contributed by atoms with Crippen LogP contribution in [0.5, 0.6) is 5.75 Å². The number of hydrogen-bond acceptors (Lipinski definition) is 2. The van der Waals surface area contributed by atoms with E-state index in [2.05, 4.69) is 5.32 Å². The summed E-state index contributed by atoms with van der Waals surface area (Å²) < 4.78 is 1.81. The molecule has 0 aliphatic rings. The summed E-state index contributed by atoms with van der Waals surface area (Å²) in [5.41, 5.74) is 1.80. The van der Waals surface area contributed by atoms with E-state index in [-0.39, 0.29) is 17.7 Å². The van der Waals surface area contributed by atoms with Gasteiger partial charge in [0.05, 0.1) is 5.02 Å². The van der Waals surface area contributed by atoms with Crippen LogP contribution in [0.1, 0.15) is 35.9 Å². The largest absolute Gasteiger partial charge is 0.508 e. The Morgan fingerprint density at radius 3 is 2.65 bits per heavy atom. The number of halogens is 1. The smallest absolute Gasteiger partial charge is 0.272 e. The maximum Gasteiger partial charge on any atom is 0.272 e. The number of phenols is 1. The van der Waals surface area contributed by atoms with E-state index in [0.717, 1.165) is 5.56 Å². The lowest BCUT2D eigenvalue weighted by Crippen LogP contribution is -2.17. The Morgan fingerprint density at radius 2 is 2.05 bits per heavy atom. The van der Waals surface area contributed by atoms with Gasteiger partial charge in [-0.15, -0.1) is 0 Å². The number of rotatable bonds is 3. The number of amides is 1. The van der Waals surface area contributed by atoms with Crippen molar-refractivity contribution < 1.29 is 9.90 Å². The molecular weight excluding hydrogens is 276 g/mol. The van der Waals surface area contributed by atoms with Crippen molar-refractivity contribution in [3.05, 3.63) is 46.7 Å². The topological polar surface area (TPSA) is 54.3 Å². The van der Waals surface area contributed by atoms with Crippen molar-refractivity contribution in [3.8, 4) is 5.75 Å². The van der Waals surface area contributed by atoms with E-state index in [4.69, 9.17) is 11.6 Å². The van der Waals surface area contributed by atoms with Gasteiger partial charge >= 0.3 is 0 Å². The van der Waals surface area contributed by atoms with Crippen LogP contribution in [0.2, 0.25) is 5.02 Å². The highest BCUT2D eigenvalue weighted by atomic mass is 35.5. The molecule has 2 aromatic rings. The Bertz CT molecular complexity index is 647. The van der Waals surface area contributed by atoms with Gasteiger partial charge in [0, 0.05) is 24.0 Å². The number of carbonyl (C=O) groups excluding carboxylic acids is 1. The lowest BCUT2D eigenvalue weighted by atomic mass is 10.2. The van der Waals surface area contributed by atoms with E-state index in [1.54, 1.807) is 31.3 Å². The Morgan fingerprint density at radius 1 is 1.35 bits per heavy atom. The van der Waals surface area contributed by atoms with Gasteiger partial charge in [0.15, 0.2) is 0 Å². The van der Waals surface area contributed by atoms with Crippen molar-refractivity contribution in [2.75, 3.05) is 5.32 Å². The van der Waals surface area contributed by atoms with Crippen LogP contribution in [0.3, 0.4) is 0 Å². The summed E-state index contributed by atoms with van der Waals surface area (Å²) in [5.74, 6) is -0.103. The van der Waals surface area contributed by atoms with Crippen molar-refractivity contribution >= 4 is 23.2 Å². The van der Waals surface area contributed by atoms with E-state index in [9.17, 15) is 9.90 Å². The average molecular weight is 293 g/mol. The van der Waals surface area contributed by atoms with E-state index < -0.39 is 0 Å². The van der Waals surface area contributed by atoms with Crippen LogP contribution in [-0.2, 0) is 0 Å². The molecule has 0 unspecified atom stereocenters. The zero-order chi connectivity index (χ0) is 14.9. The van der Waals surface area contributed by atoms with Crippen LogP contribution in [0.15, 0.2) is 30.5 Å². The number of carbonyl (C=O) groups is 1. The molecule has 0 fully saturated rings. The molecule has 1 aromatic carbocycles. The molecule has 4 nitrogen and oxygen atoms in total. The summed E-state index contributed by atoms with van der Waals surface area (Å²) in [6.45, 7) is 5.75. The summed E-state index contributed by atoms with van der Waals surface area (Å²) in [6, 6.07) is 6.79. The third kappa shape index (κ3) is 2.96. The maximum absolute atomic E-state index is 12.3. The summed E-state index contributed by atoms with van der Waals surface area (Å²) >= 11 is 5.96.